The number of carbonyl (C=O) groups is 1. The quantitative estimate of drug-likeness (QED) is 0.602. The molecule has 3 aromatic rings. The Bertz CT molecular complexity index is 1020. The Morgan fingerprint density at radius 2 is 1.60 bits per heavy atom. The van der Waals surface area contributed by atoms with E-state index in [0.29, 0.717) is 29.4 Å². The van der Waals surface area contributed by atoms with Crippen molar-refractivity contribution in [2.24, 2.45) is 0 Å². The molecule has 30 heavy (non-hydrogen) atoms. The summed E-state index contributed by atoms with van der Waals surface area (Å²) in [5.74, 6) is 1.14. The van der Waals surface area contributed by atoms with Gasteiger partial charge >= 0.3 is 0 Å². The monoisotopic (exact) mass is 403 g/mol. The van der Waals surface area contributed by atoms with Crippen molar-refractivity contribution < 1.29 is 19.0 Å². The van der Waals surface area contributed by atoms with Crippen LogP contribution in [-0.2, 0) is 19.4 Å². The first-order chi connectivity index (χ1) is 14.7. The second-order valence-electron chi connectivity index (χ2n) is 7.28. The van der Waals surface area contributed by atoms with E-state index in [2.05, 4.69) is 17.4 Å². The van der Waals surface area contributed by atoms with Gasteiger partial charge in [-0.25, -0.2) is 0 Å². The molecule has 5 heteroatoms. The molecule has 0 saturated carbocycles. The third-order valence-corrected chi connectivity index (χ3v) is 5.31. The summed E-state index contributed by atoms with van der Waals surface area (Å²) in [6.45, 7) is 0.369. The van der Waals surface area contributed by atoms with Gasteiger partial charge in [-0.1, -0.05) is 36.4 Å². The van der Waals surface area contributed by atoms with Gasteiger partial charge in [-0.2, -0.15) is 0 Å². The summed E-state index contributed by atoms with van der Waals surface area (Å²) in [5.41, 5.74) is 4.95. The zero-order valence-electron chi connectivity index (χ0n) is 17.2. The van der Waals surface area contributed by atoms with Crippen LogP contribution >= 0.6 is 0 Å². The van der Waals surface area contributed by atoms with Crippen molar-refractivity contribution in [3.05, 3.63) is 82.9 Å². The molecule has 4 rings (SSSR count). The van der Waals surface area contributed by atoms with Crippen LogP contribution in [0, 0.1) is 0 Å². The highest BCUT2D eigenvalue weighted by atomic mass is 16.5. The molecule has 0 spiro atoms. The summed E-state index contributed by atoms with van der Waals surface area (Å²) in [4.78, 5) is 12.9. The minimum absolute atomic E-state index is 0.223. The Hall–Kier alpha value is -3.47. The van der Waals surface area contributed by atoms with E-state index in [4.69, 9.17) is 14.2 Å². The van der Waals surface area contributed by atoms with E-state index in [0.717, 1.165) is 24.1 Å². The van der Waals surface area contributed by atoms with Gasteiger partial charge in [0.15, 0.2) is 11.5 Å². The van der Waals surface area contributed by atoms with E-state index in [9.17, 15) is 4.79 Å². The number of hydrogen-bond acceptors (Lipinski definition) is 4. The van der Waals surface area contributed by atoms with Crippen LogP contribution in [0.15, 0.2) is 60.7 Å². The molecule has 0 aliphatic heterocycles. The molecule has 0 fully saturated rings. The standard InChI is InChI=1S/C25H25NO4/c1-28-22-14-20(25(27)26-21-12-11-18-9-6-10-19(18)13-21)15-23(29-2)24(22)30-16-17-7-4-3-5-8-17/h3-5,7-8,11-15H,6,9-10,16H2,1-2H3,(H,26,27). The molecule has 1 amide bonds. The van der Waals surface area contributed by atoms with Crippen LogP contribution in [0.4, 0.5) is 5.69 Å². The van der Waals surface area contributed by atoms with E-state index < -0.39 is 0 Å². The van der Waals surface area contributed by atoms with Crippen LogP contribution < -0.4 is 19.5 Å². The Kier molecular flexibility index (Phi) is 5.89. The highest BCUT2D eigenvalue weighted by molar-refractivity contribution is 6.05. The zero-order chi connectivity index (χ0) is 20.9. The Labute approximate surface area is 176 Å². The number of rotatable bonds is 7. The molecule has 1 aliphatic carbocycles. The van der Waals surface area contributed by atoms with Crippen LogP contribution in [0.2, 0.25) is 0 Å². The van der Waals surface area contributed by atoms with Crippen LogP contribution in [0.5, 0.6) is 17.2 Å². The number of nitrogens with one attached hydrogen (secondary N) is 1. The third kappa shape index (κ3) is 4.25. The molecule has 0 atom stereocenters. The van der Waals surface area contributed by atoms with Gasteiger partial charge in [0.05, 0.1) is 14.2 Å². The molecule has 0 radical (unpaired) electrons. The topological polar surface area (TPSA) is 56.8 Å². The van der Waals surface area contributed by atoms with Crippen molar-refractivity contribution in [2.45, 2.75) is 25.9 Å². The predicted octanol–water partition coefficient (Wildman–Crippen LogP) is 5.02. The Balaban J connectivity index is 1.55. The number of aryl methyl sites for hydroxylation is 2. The summed E-state index contributed by atoms with van der Waals surface area (Å²) in [6, 6.07) is 19.3. The normalized spacial score (nSPS) is 12.2. The van der Waals surface area contributed by atoms with Gasteiger partial charge in [0, 0.05) is 11.3 Å². The minimum atomic E-state index is -0.223. The first kappa shape index (κ1) is 19.8. The SMILES string of the molecule is COc1cc(C(=O)Nc2ccc3c(c2)CCC3)cc(OC)c1OCc1ccccc1. The van der Waals surface area contributed by atoms with Crippen LogP contribution in [0.25, 0.3) is 0 Å². The largest absolute Gasteiger partial charge is 0.493 e. The molecule has 0 unspecified atom stereocenters. The molecule has 0 bridgehead atoms. The van der Waals surface area contributed by atoms with Crippen LogP contribution in [-0.4, -0.2) is 20.1 Å². The number of hydrogen-bond donors (Lipinski definition) is 1. The van der Waals surface area contributed by atoms with Crippen molar-refractivity contribution in [1.82, 2.24) is 0 Å². The number of methoxy groups -OCH3 is 2. The molecule has 1 aliphatic rings. The third-order valence-electron chi connectivity index (χ3n) is 5.31. The zero-order valence-corrected chi connectivity index (χ0v) is 17.2. The lowest BCUT2D eigenvalue weighted by Crippen LogP contribution is -2.13. The summed E-state index contributed by atoms with van der Waals surface area (Å²) >= 11 is 0. The average molecular weight is 403 g/mol. The number of anilines is 1. The first-order valence-corrected chi connectivity index (χ1v) is 10.0. The summed E-state index contributed by atoms with van der Waals surface area (Å²) in [5, 5.41) is 2.98. The smallest absolute Gasteiger partial charge is 0.255 e. The van der Waals surface area contributed by atoms with E-state index >= 15 is 0 Å². The number of benzene rings is 3. The molecular weight excluding hydrogens is 378 g/mol. The van der Waals surface area contributed by atoms with E-state index in [1.807, 2.05) is 36.4 Å². The number of carbonyl (C=O) groups excluding carboxylic acids is 1. The molecule has 1 N–H and O–H groups in total. The highest BCUT2D eigenvalue weighted by Gasteiger charge is 2.19. The van der Waals surface area contributed by atoms with Crippen LogP contribution in [0.3, 0.4) is 0 Å². The fourth-order valence-electron chi connectivity index (χ4n) is 3.74. The Morgan fingerprint density at radius 1 is 0.900 bits per heavy atom. The maximum atomic E-state index is 12.9. The second kappa shape index (κ2) is 8.91. The number of amides is 1. The van der Waals surface area contributed by atoms with Crippen molar-refractivity contribution in [3.8, 4) is 17.2 Å². The lowest BCUT2D eigenvalue weighted by atomic mass is 10.1. The molecular formula is C25H25NO4. The maximum Gasteiger partial charge on any atom is 0.255 e. The molecule has 154 valence electrons. The van der Waals surface area contributed by atoms with Gasteiger partial charge in [0.1, 0.15) is 6.61 Å². The van der Waals surface area contributed by atoms with Gasteiger partial charge < -0.3 is 19.5 Å². The fourth-order valence-corrected chi connectivity index (χ4v) is 3.74. The van der Waals surface area contributed by atoms with E-state index in [-0.39, 0.29) is 5.91 Å². The lowest BCUT2D eigenvalue weighted by Gasteiger charge is -2.16. The first-order valence-electron chi connectivity index (χ1n) is 10.0. The molecule has 0 saturated heterocycles. The summed E-state index contributed by atoms with van der Waals surface area (Å²) in [7, 11) is 3.10. The van der Waals surface area contributed by atoms with Crippen molar-refractivity contribution >= 4 is 11.6 Å². The molecule has 0 aromatic heterocycles. The van der Waals surface area contributed by atoms with Crippen LogP contribution in [0.1, 0.15) is 33.5 Å². The second-order valence-corrected chi connectivity index (χ2v) is 7.28. The minimum Gasteiger partial charge on any atom is -0.493 e. The lowest BCUT2D eigenvalue weighted by molar-refractivity contribution is 0.102. The fraction of sp³-hybridized carbons (Fsp3) is 0.240. The van der Waals surface area contributed by atoms with Crippen molar-refractivity contribution in [1.29, 1.82) is 0 Å². The van der Waals surface area contributed by atoms with E-state index in [1.54, 1.807) is 26.4 Å². The average Bonchev–Trinajstić information content (AvgIpc) is 3.25. The molecule has 3 aromatic carbocycles. The van der Waals surface area contributed by atoms with Crippen molar-refractivity contribution in [2.75, 3.05) is 19.5 Å². The number of ether oxygens (including phenoxy) is 3. The summed E-state index contributed by atoms with van der Waals surface area (Å²) < 4.78 is 16.9. The molecule has 0 heterocycles. The highest BCUT2D eigenvalue weighted by Crippen LogP contribution is 2.39. The maximum absolute atomic E-state index is 12.9. The molecule has 5 nitrogen and oxygen atoms in total. The van der Waals surface area contributed by atoms with Gasteiger partial charge in [0.25, 0.3) is 5.91 Å². The van der Waals surface area contributed by atoms with Gasteiger partial charge in [-0.15, -0.1) is 0 Å². The predicted molar refractivity (Wildman–Crippen MR) is 117 cm³/mol. The van der Waals surface area contributed by atoms with Crippen molar-refractivity contribution in [3.63, 3.8) is 0 Å². The summed E-state index contributed by atoms with van der Waals surface area (Å²) in [6.07, 6.45) is 3.35. The van der Waals surface area contributed by atoms with Gasteiger partial charge in [-0.05, 0) is 60.2 Å². The van der Waals surface area contributed by atoms with Gasteiger partial charge in [-0.3, -0.25) is 4.79 Å². The van der Waals surface area contributed by atoms with Gasteiger partial charge in [0.2, 0.25) is 5.75 Å². The Morgan fingerprint density at radius 3 is 2.30 bits per heavy atom. The van der Waals surface area contributed by atoms with E-state index in [1.165, 1.54) is 17.5 Å². The number of fused-ring (bicyclic) bond motifs is 1.